The Kier molecular flexibility index (Phi) is 3.18. The van der Waals surface area contributed by atoms with Crippen LogP contribution < -0.4 is 0 Å². The highest BCUT2D eigenvalue weighted by molar-refractivity contribution is 6.08. The zero-order valence-electron chi connectivity index (χ0n) is 9.92. The molecule has 2 nitrogen and oxygen atoms in total. The van der Waals surface area contributed by atoms with E-state index in [9.17, 15) is 4.79 Å². The second-order valence-corrected chi connectivity index (χ2v) is 4.44. The Bertz CT molecular complexity index is 426. The Balaban J connectivity index is 2.29. The number of aromatic nitrogens is 1. The van der Waals surface area contributed by atoms with E-state index in [0.717, 1.165) is 41.8 Å². The first-order chi connectivity index (χ1) is 7.66. The molecule has 1 aliphatic carbocycles. The van der Waals surface area contributed by atoms with E-state index in [1.165, 1.54) is 6.42 Å². The third-order valence-electron chi connectivity index (χ3n) is 2.93. The van der Waals surface area contributed by atoms with Gasteiger partial charge in [0.2, 0.25) is 0 Å². The molecule has 0 saturated heterocycles. The van der Waals surface area contributed by atoms with Crippen LogP contribution in [0.15, 0.2) is 23.8 Å². The number of ketones is 1. The standard InChI is InChI=1S/C14H17NO/c1-10-8-13(9-11(2)15-10)14(16)12-6-4-3-5-7-12/h6,8-9H,3-5,7H2,1-2H3. The van der Waals surface area contributed by atoms with Crippen molar-refractivity contribution in [3.63, 3.8) is 0 Å². The van der Waals surface area contributed by atoms with Crippen molar-refractivity contribution in [1.82, 2.24) is 4.98 Å². The van der Waals surface area contributed by atoms with Crippen LogP contribution in [-0.4, -0.2) is 10.8 Å². The summed E-state index contributed by atoms with van der Waals surface area (Å²) in [5.41, 5.74) is 3.61. The van der Waals surface area contributed by atoms with Crippen LogP contribution in [0.2, 0.25) is 0 Å². The van der Waals surface area contributed by atoms with E-state index in [1.807, 2.05) is 26.0 Å². The summed E-state index contributed by atoms with van der Waals surface area (Å²) in [6.45, 7) is 3.86. The molecule has 2 rings (SSSR count). The van der Waals surface area contributed by atoms with E-state index in [1.54, 1.807) is 0 Å². The zero-order chi connectivity index (χ0) is 11.5. The molecule has 1 aliphatic rings. The molecule has 1 aromatic rings. The molecule has 0 aliphatic heterocycles. The maximum absolute atomic E-state index is 12.2. The van der Waals surface area contributed by atoms with Crippen LogP contribution in [0.4, 0.5) is 0 Å². The van der Waals surface area contributed by atoms with Crippen LogP contribution >= 0.6 is 0 Å². The SMILES string of the molecule is Cc1cc(C(=O)C2=CCCCC2)cc(C)n1. The Morgan fingerprint density at radius 3 is 2.44 bits per heavy atom. The summed E-state index contributed by atoms with van der Waals surface area (Å²) < 4.78 is 0. The summed E-state index contributed by atoms with van der Waals surface area (Å²) >= 11 is 0. The fourth-order valence-corrected chi connectivity index (χ4v) is 2.20. The van der Waals surface area contributed by atoms with E-state index >= 15 is 0 Å². The number of Topliss-reactive ketones (excluding diaryl/α,β-unsaturated/α-hetero) is 1. The summed E-state index contributed by atoms with van der Waals surface area (Å²) in [6.07, 6.45) is 6.42. The molecule has 0 N–H and O–H groups in total. The van der Waals surface area contributed by atoms with Crippen LogP contribution in [0.1, 0.15) is 47.4 Å². The summed E-state index contributed by atoms with van der Waals surface area (Å²) in [7, 11) is 0. The van der Waals surface area contributed by atoms with Crippen LogP contribution in [0.25, 0.3) is 0 Å². The average molecular weight is 215 g/mol. The van der Waals surface area contributed by atoms with Gasteiger partial charge in [0, 0.05) is 17.0 Å². The number of nitrogens with zero attached hydrogens (tertiary/aromatic N) is 1. The maximum atomic E-state index is 12.2. The minimum absolute atomic E-state index is 0.188. The second-order valence-electron chi connectivity index (χ2n) is 4.44. The number of aryl methyl sites for hydroxylation is 2. The van der Waals surface area contributed by atoms with Gasteiger partial charge in [-0.1, -0.05) is 6.08 Å². The van der Waals surface area contributed by atoms with Gasteiger partial charge in [0.25, 0.3) is 0 Å². The van der Waals surface area contributed by atoms with E-state index in [2.05, 4.69) is 11.1 Å². The summed E-state index contributed by atoms with van der Waals surface area (Å²) in [6, 6.07) is 3.76. The third kappa shape index (κ3) is 2.38. The van der Waals surface area contributed by atoms with Crippen molar-refractivity contribution in [3.8, 4) is 0 Å². The van der Waals surface area contributed by atoms with Crippen LogP contribution in [0, 0.1) is 13.8 Å². The topological polar surface area (TPSA) is 30.0 Å². The molecule has 2 heteroatoms. The molecule has 0 saturated carbocycles. The van der Waals surface area contributed by atoms with Gasteiger partial charge in [-0.2, -0.15) is 0 Å². The molecule has 0 fully saturated rings. The van der Waals surface area contributed by atoms with Gasteiger partial charge in [-0.3, -0.25) is 9.78 Å². The fourth-order valence-electron chi connectivity index (χ4n) is 2.20. The zero-order valence-corrected chi connectivity index (χ0v) is 9.92. The van der Waals surface area contributed by atoms with Crippen molar-refractivity contribution in [2.24, 2.45) is 0 Å². The highest BCUT2D eigenvalue weighted by Crippen LogP contribution is 2.21. The van der Waals surface area contributed by atoms with Gasteiger partial charge in [0.1, 0.15) is 0 Å². The van der Waals surface area contributed by atoms with Gasteiger partial charge >= 0.3 is 0 Å². The van der Waals surface area contributed by atoms with Crippen molar-refractivity contribution in [2.45, 2.75) is 39.5 Å². The summed E-state index contributed by atoms with van der Waals surface area (Å²) in [5.74, 6) is 0.188. The van der Waals surface area contributed by atoms with Crippen LogP contribution in [0.5, 0.6) is 0 Å². The van der Waals surface area contributed by atoms with Crippen molar-refractivity contribution in [3.05, 3.63) is 40.7 Å². The minimum Gasteiger partial charge on any atom is -0.289 e. The molecule has 1 aromatic heterocycles. The Hall–Kier alpha value is -1.44. The van der Waals surface area contributed by atoms with Crippen molar-refractivity contribution in [2.75, 3.05) is 0 Å². The van der Waals surface area contributed by atoms with E-state index < -0.39 is 0 Å². The first kappa shape index (κ1) is 11.1. The smallest absolute Gasteiger partial charge is 0.188 e. The monoisotopic (exact) mass is 215 g/mol. The maximum Gasteiger partial charge on any atom is 0.188 e. The average Bonchev–Trinajstić information content (AvgIpc) is 2.28. The number of allylic oxidation sites excluding steroid dienone is 2. The molecule has 0 spiro atoms. The van der Waals surface area contributed by atoms with Gasteiger partial charge in [-0.05, 0) is 57.2 Å². The molecule has 84 valence electrons. The van der Waals surface area contributed by atoms with Crippen molar-refractivity contribution < 1.29 is 4.79 Å². The molecule has 1 heterocycles. The minimum atomic E-state index is 0.188. The van der Waals surface area contributed by atoms with Gasteiger partial charge in [0.15, 0.2) is 5.78 Å². The highest BCUT2D eigenvalue weighted by atomic mass is 16.1. The lowest BCUT2D eigenvalue weighted by atomic mass is 9.93. The van der Waals surface area contributed by atoms with E-state index in [-0.39, 0.29) is 5.78 Å². The number of carbonyl (C=O) groups is 1. The predicted molar refractivity (Wildman–Crippen MR) is 64.6 cm³/mol. The molecule has 0 bridgehead atoms. The van der Waals surface area contributed by atoms with Gasteiger partial charge < -0.3 is 0 Å². The Morgan fingerprint density at radius 1 is 1.19 bits per heavy atom. The number of hydrogen-bond donors (Lipinski definition) is 0. The Morgan fingerprint density at radius 2 is 1.88 bits per heavy atom. The van der Waals surface area contributed by atoms with E-state index in [4.69, 9.17) is 0 Å². The summed E-state index contributed by atoms with van der Waals surface area (Å²) in [4.78, 5) is 16.5. The van der Waals surface area contributed by atoms with Gasteiger partial charge in [-0.25, -0.2) is 0 Å². The number of rotatable bonds is 2. The first-order valence-corrected chi connectivity index (χ1v) is 5.86. The number of carbonyl (C=O) groups excluding carboxylic acids is 1. The molecular formula is C14H17NO. The first-order valence-electron chi connectivity index (χ1n) is 5.86. The molecule has 0 atom stereocenters. The molecule has 0 radical (unpaired) electrons. The quantitative estimate of drug-likeness (QED) is 0.708. The van der Waals surface area contributed by atoms with Crippen LogP contribution in [-0.2, 0) is 0 Å². The van der Waals surface area contributed by atoms with E-state index in [0.29, 0.717) is 0 Å². The predicted octanol–water partition coefficient (Wildman–Crippen LogP) is 3.38. The highest BCUT2D eigenvalue weighted by Gasteiger charge is 2.14. The fraction of sp³-hybridized carbons (Fsp3) is 0.429. The molecule has 0 amide bonds. The number of pyridine rings is 1. The third-order valence-corrected chi connectivity index (χ3v) is 2.93. The number of hydrogen-bond acceptors (Lipinski definition) is 2. The lowest BCUT2D eigenvalue weighted by Gasteiger charge is -2.12. The van der Waals surface area contributed by atoms with Gasteiger partial charge in [0.05, 0.1) is 0 Å². The molecule has 0 unspecified atom stereocenters. The Labute approximate surface area is 96.4 Å². The van der Waals surface area contributed by atoms with Gasteiger partial charge in [-0.15, -0.1) is 0 Å². The van der Waals surface area contributed by atoms with Crippen molar-refractivity contribution in [1.29, 1.82) is 0 Å². The normalized spacial score (nSPS) is 15.8. The lowest BCUT2D eigenvalue weighted by Crippen LogP contribution is -2.07. The van der Waals surface area contributed by atoms with Crippen LogP contribution in [0.3, 0.4) is 0 Å². The molecular weight excluding hydrogens is 198 g/mol. The molecule has 16 heavy (non-hydrogen) atoms. The molecule has 0 aromatic carbocycles. The lowest BCUT2D eigenvalue weighted by molar-refractivity contribution is 0.102. The second kappa shape index (κ2) is 4.60. The largest absolute Gasteiger partial charge is 0.289 e. The summed E-state index contributed by atoms with van der Waals surface area (Å²) in [5, 5.41) is 0. The van der Waals surface area contributed by atoms with Crippen molar-refractivity contribution >= 4 is 5.78 Å².